The Morgan fingerprint density at radius 1 is 1.14 bits per heavy atom. The predicted octanol–water partition coefficient (Wildman–Crippen LogP) is 2.35. The van der Waals surface area contributed by atoms with E-state index in [1.807, 2.05) is 0 Å². The molecular formula is C14H15ClN2O4. The molecule has 1 saturated carbocycles. The van der Waals surface area contributed by atoms with E-state index in [0.717, 1.165) is 0 Å². The van der Waals surface area contributed by atoms with Crippen molar-refractivity contribution in [3.63, 3.8) is 0 Å². The number of carbonyl (C=O) groups is 3. The predicted molar refractivity (Wildman–Crippen MR) is 78.2 cm³/mol. The lowest BCUT2D eigenvalue weighted by Gasteiger charge is -2.32. The van der Waals surface area contributed by atoms with E-state index in [1.165, 1.54) is 13.0 Å². The number of carboxylic acids is 1. The lowest BCUT2D eigenvalue weighted by molar-refractivity contribution is -0.151. The number of rotatable bonds is 4. The first-order chi connectivity index (χ1) is 9.88. The summed E-state index contributed by atoms with van der Waals surface area (Å²) in [5.41, 5.74) is 0.783. The van der Waals surface area contributed by atoms with Crippen LogP contribution in [0.5, 0.6) is 0 Å². The van der Waals surface area contributed by atoms with Crippen LogP contribution in [0, 0.1) is 11.8 Å². The molecule has 0 heterocycles. The Morgan fingerprint density at radius 2 is 1.81 bits per heavy atom. The zero-order valence-corrected chi connectivity index (χ0v) is 12.1. The number of halogens is 1. The number of amides is 2. The summed E-state index contributed by atoms with van der Waals surface area (Å²) in [7, 11) is 0. The Kier molecular flexibility index (Phi) is 4.47. The van der Waals surface area contributed by atoms with E-state index in [1.54, 1.807) is 12.1 Å². The van der Waals surface area contributed by atoms with Crippen LogP contribution in [-0.2, 0) is 14.4 Å². The molecule has 2 atom stereocenters. The topological polar surface area (TPSA) is 95.5 Å². The number of aliphatic carboxylic acids is 1. The summed E-state index contributed by atoms with van der Waals surface area (Å²) in [6.45, 7) is 1.35. The monoisotopic (exact) mass is 310 g/mol. The highest BCUT2D eigenvalue weighted by atomic mass is 35.5. The van der Waals surface area contributed by atoms with E-state index in [9.17, 15) is 14.4 Å². The number of carbonyl (C=O) groups excluding carboxylic acids is 2. The van der Waals surface area contributed by atoms with Crippen molar-refractivity contribution in [1.82, 2.24) is 0 Å². The van der Waals surface area contributed by atoms with Crippen LogP contribution in [0.3, 0.4) is 0 Å². The molecule has 0 saturated heterocycles. The molecule has 1 aliphatic rings. The van der Waals surface area contributed by atoms with E-state index < -0.39 is 17.8 Å². The van der Waals surface area contributed by atoms with Crippen LogP contribution in [0.2, 0.25) is 5.02 Å². The fraction of sp³-hybridized carbons (Fsp3) is 0.357. The first-order valence-corrected chi connectivity index (χ1v) is 6.87. The van der Waals surface area contributed by atoms with Crippen molar-refractivity contribution in [1.29, 1.82) is 0 Å². The van der Waals surface area contributed by atoms with Gasteiger partial charge in [-0.05, 0) is 31.0 Å². The molecule has 6 nitrogen and oxygen atoms in total. The second-order valence-electron chi connectivity index (χ2n) is 4.99. The van der Waals surface area contributed by atoms with E-state index in [2.05, 4.69) is 10.6 Å². The molecule has 0 radical (unpaired) electrons. The second-order valence-corrected chi connectivity index (χ2v) is 5.43. The van der Waals surface area contributed by atoms with Crippen LogP contribution in [0.25, 0.3) is 0 Å². The fourth-order valence-corrected chi connectivity index (χ4v) is 2.43. The molecule has 2 rings (SSSR count). The third-order valence-electron chi connectivity index (χ3n) is 3.48. The van der Waals surface area contributed by atoms with Crippen LogP contribution in [0.15, 0.2) is 18.2 Å². The average Bonchev–Trinajstić information content (AvgIpc) is 2.29. The number of nitrogens with one attached hydrogen (secondary N) is 2. The minimum Gasteiger partial charge on any atom is -0.481 e. The molecule has 1 aromatic carbocycles. The fourth-order valence-electron chi connectivity index (χ4n) is 2.25. The van der Waals surface area contributed by atoms with Crippen LogP contribution in [0.4, 0.5) is 11.4 Å². The molecule has 1 aromatic rings. The van der Waals surface area contributed by atoms with Crippen molar-refractivity contribution in [2.75, 3.05) is 10.6 Å². The van der Waals surface area contributed by atoms with E-state index in [0.29, 0.717) is 29.2 Å². The highest BCUT2D eigenvalue weighted by Gasteiger charge is 2.41. The van der Waals surface area contributed by atoms with Crippen LogP contribution < -0.4 is 10.6 Å². The van der Waals surface area contributed by atoms with Crippen LogP contribution in [0.1, 0.15) is 19.8 Å². The van der Waals surface area contributed by atoms with Gasteiger partial charge in [0.2, 0.25) is 11.8 Å². The van der Waals surface area contributed by atoms with Gasteiger partial charge in [-0.25, -0.2) is 0 Å². The molecule has 1 aliphatic carbocycles. The zero-order chi connectivity index (χ0) is 15.6. The summed E-state index contributed by atoms with van der Waals surface area (Å²) in [6, 6.07) is 4.68. The third-order valence-corrected chi connectivity index (χ3v) is 3.71. The summed E-state index contributed by atoms with van der Waals surface area (Å²) in [5.74, 6) is -2.81. The van der Waals surface area contributed by atoms with Gasteiger partial charge in [-0.15, -0.1) is 0 Å². The van der Waals surface area contributed by atoms with E-state index in [4.69, 9.17) is 16.7 Å². The summed E-state index contributed by atoms with van der Waals surface area (Å²) >= 11 is 5.89. The quantitative estimate of drug-likeness (QED) is 0.795. The van der Waals surface area contributed by atoms with Crippen molar-refractivity contribution >= 4 is 40.8 Å². The maximum Gasteiger partial charge on any atom is 0.307 e. The van der Waals surface area contributed by atoms with Gasteiger partial charge in [0, 0.05) is 11.9 Å². The maximum atomic E-state index is 12.1. The van der Waals surface area contributed by atoms with Gasteiger partial charge in [0.25, 0.3) is 0 Å². The molecule has 21 heavy (non-hydrogen) atoms. The summed E-state index contributed by atoms with van der Waals surface area (Å²) in [5, 5.41) is 14.6. The average molecular weight is 311 g/mol. The first-order valence-electron chi connectivity index (χ1n) is 6.49. The normalized spacial score (nSPS) is 20.3. The molecule has 7 heteroatoms. The Labute approximate surface area is 126 Å². The smallest absolute Gasteiger partial charge is 0.307 e. The minimum atomic E-state index is -0.963. The van der Waals surface area contributed by atoms with Gasteiger partial charge in [0.1, 0.15) is 0 Å². The van der Waals surface area contributed by atoms with Gasteiger partial charge in [-0.1, -0.05) is 11.6 Å². The van der Waals surface area contributed by atoms with Gasteiger partial charge in [-0.3, -0.25) is 14.4 Å². The minimum absolute atomic E-state index is 0.278. The van der Waals surface area contributed by atoms with Crippen LogP contribution >= 0.6 is 11.6 Å². The Hall–Kier alpha value is -2.08. The molecule has 112 valence electrons. The standard InChI is InChI=1S/C14H15ClN2O4/c1-7(18)16-11-5-2-8(15)6-12(11)17-13(19)9-3-4-10(9)14(20)21/h2,5-6,9-10H,3-4H2,1H3,(H,16,18)(H,17,19)(H,20,21). The van der Waals surface area contributed by atoms with Gasteiger partial charge >= 0.3 is 5.97 Å². The number of benzene rings is 1. The van der Waals surface area contributed by atoms with Gasteiger partial charge in [0.05, 0.1) is 23.2 Å². The molecule has 0 aromatic heterocycles. The van der Waals surface area contributed by atoms with Crippen LogP contribution in [-0.4, -0.2) is 22.9 Å². The Morgan fingerprint density at radius 3 is 2.33 bits per heavy atom. The lowest BCUT2D eigenvalue weighted by Crippen LogP contribution is -2.41. The largest absolute Gasteiger partial charge is 0.481 e. The highest BCUT2D eigenvalue weighted by Crippen LogP contribution is 2.36. The van der Waals surface area contributed by atoms with Crippen molar-refractivity contribution in [3.8, 4) is 0 Å². The highest BCUT2D eigenvalue weighted by molar-refractivity contribution is 6.31. The van der Waals surface area contributed by atoms with Gasteiger partial charge in [-0.2, -0.15) is 0 Å². The lowest BCUT2D eigenvalue weighted by atomic mass is 9.73. The second kappa shape index (κ2) is 6.13. The summed E-state index contributed by atoms with van der Waals surface area (Å²) in [4.78, 5) is 34.2. The van der Waals surface area contributed by atoms with Gasteiger partial charge < -0.3 is 15.7 Å². The van der Waals surface area contributed by atoms with Crippen molar-refractivity contribution in [2.45, 2.75) is 19.8 Å². The Bertz CT molecular complexity index is 603. The van der Waals surface area contributed by atoms with Crippen molar-refractivity contribution in [3.05, 3.63) is 23.2 Å². The SMILES string of the molecule is CC(=O)Nc1ccc(Cl)cc1NC(=O)C1CCC1C(=O)O. The molecular weight excluding hydrogens is 296 g/mol. The molecule has 0 aliphatic heterocycles. The van der Waals surface area contributed by atoms with E-state index >= 15 is 0 Å². The zero-order valence-electron chi connectivity index (χ0n) is 11.4. The number of hydrogen-bond acceptors (Lipinski definition) is 3. The maximum absolute atomic E-state index is 12.1. The summed E-state index contributed by atoms with van der Waals surface area (Å²) < 4.78 is 0. The van der Waals surface area contributed by atoms with Crippen molar-refractivity contribution < 1.29 is 19.5 Å². The first kappa shape index (κ1) is 15.3. The van der Waals surface area contributed by atoms with Crippen molar-refractivity contribution in [2.24, 2.45) is 11.8 Å². The molecule has 2 unspecified atom stereocenters. The Balaban J connectivity index is 2.15. The third kappa shape index (κ3) is 3.52. The molecule has 0 bridgehead atoms. The molecule has 2 amide bonds. The van der Waals surface area contributed by atoms with Gasteiger partial charge in [0.15, 0.2) is 0 Å². The van der Waals surface area contributed by atoms with E-state index in [-0.39, 0.29) is 11.8 Å². The number of anilines is 2. The number of carboxylic acid groups (broad SMARTS) is 1. The molecule has 1 fully saturated rings. The molecule has 3 N–H and O–H groups in total. The number of hydrogen-bond donors (Lipinski definition) is 3. The summed E-state index contributed by atoms with van der Waals surface area (Å²) in [6.07, 6.45) is 1.04. The molecule has 0 spiro atoms.